The molecule has 1 N–H and O–H groups in total. The molecule has 0 aliphatic rings. The monoisotopic (exact) mass is 206 g/mol. The van der Waals surface area contributed by atoms with Crippen LogP contribution in [0, 0.1) is 0 Å². The number of nitrogens with one attached hydrogen (secondary N) is 1. The van der Waals surface area contributed by atoms with Gasteiger partial charge in [0.1, 0.15) is 0 Å². The van der Waals surface area contributed by atoms with Gasteiger partial charge >= 0.3 is 0 Å². The average molecular weight is 207 g/mol. The third kappa shape index (κ3) is 2.17. The first-order valence-corrected chi connectivity index (χ1v) is 4.40. The molecule has 5 heteroatoms. The molecule has 0 saturated heterocycles. The Morgan fingerprint density at radius 2 is 1.93 bits per heavy atom. The number of hydrogen-bond donors (Lipinski definition) is 1. The van der Waals surface area contributed by atoms with Crippen LogP contribution in [0.5, 0.6) is 0 Å². The molecule has 1 aromatic heterocycles. The highest BCUT2D eigenvalue weighted by Gasteiger charge is 1.97. The summed E-state index contributed by atoms with van der Waals surface area (Å²) in [6, 6.07) is 9.65. The SMILES string of the molecule is Clc1nncc(Nc2ccccc2)n1. The number of halogens is 1. The molecule has 0 spiro atoms. The van der Waals surface area contributed by atoms with Crippen LogP contribution in [-0.4, -0.2) is 15.2 Å². The standard InChI is InChI=1S/C9H7ClN4/c10-9-13-8(6-11-14-9)12-7-4-2-1-3-5-7/h1-6H,(H,12,13,14). The van der Waals surface area contributed by atoms with Crippen LogP contribution in [0.25, 0.3) is 0 Å². The molecule has 1 heterocycles. The molecule has 0 unspecified atom stereocenters. The van der Waals surface area contributed by atoms with E-state index in [2.05, 4.69) is 20.5 Å². The molecule has 0 bridgehead atoms. The lowest BCUT2D eigenvalue weighted by atomic mass is 10.3. The van der Waals surface area contributed by atoms with Crippen LogP contribution in [0.1, 0.15) is 0 Å². The van der Waals surface area contributed by atoms with Crippen molar-refractivity contribution in [2.45, 2.75) is 0 Å². The lowest BCUT2D eigenvalue weighted by Gasteiger charge is -2.03. The van der Waals surface area contributed by atoms with Gasteiger partial charge in [-0.05, 0) is 23.7 Å². The van der Waals surface area contributed by atoms with Crippen molar-refractivity contribution in [3.8, 4) is 0 Å². The smallest absolute Gasteiger partial charge is 0.244 e. The van der Waals surface area contributed by atoms with Crippen LogP contribution in [0.2, 0.25) is 5.28 Å². The van der Waals surface area contributed by atoms with E-state index >= 15 is 0 Å². The van der Waals surface area contributed by atoms with Gasteiger partial charge in [0, 0.05) is 5.69 Å². The van der Waals surface area contributed by atoms with Gasteiger partial charge in [0.25, 0.3) is 0 Å². The fraction of sp³-hybridized carbons (Fsp3) is 0. The minimum Gasteiger partial charge on any atom is -0.339 e. The van der Waals surface area contributed by atoms with Crippen LogP contribution in [-0.2, 0) is 0 Å². The Labute approximate surface area is 86.0 Å². The lowest BCUT2D eigenvalue weighted by molar-refractivity contribution is 0.974. The van der Waals surface area contributed by atoms with Crippen LogP contribution in [0.4, 0.5) is 11.5 Å². The van der Waals surface area contributed by atoms with E-state index in [-0.39, 0.29) is 5.28 Å². The summed E-state index contributed by atoms with van der Waals surface area (Å²) in [6.07, 6.45) is 1.51. The van der Waals surface area contributed by atoms with Crippen LogP contribution >= 0.6 is 11.6 Å². The Morgan fingerprint density at radius 1 is 1.14 bits per heavy atom. The van der Waals surface area contributed by atoms with Crippen LogP contribution in [0.3, 0.4) is 0 Å². The van der Waals surface area contributed by atoms with Crippen LogP contribution in [0.15, 0.2) is 36.5 Å². The second-order valence-corrected chi connectivity index (χ2v) is 2.94. The Bertz CT molecular complexity index is 418. The first-order chi connectivity index (χ1) is 6.84. The number of rotatable bonds is 2. The predicted octanol–water partition coefficient (Wildman–Crippen LogP) is 2.27. The van der Waals surface area contributed by atoms with Gasteiger partial charge in [-0.25, -0.2) is 0 Å². The van der Waals surface area contributed by atoms with E-state index in [0.717, 1.165) is 5.69 Å². The van der Waals surface area contributed by atoms with Crippen molar-refractivity contribution in [3.05, 3.63) is 41.8 Å². The molecule has 14 heavy (non-hydrogen) atoms. The van der Waals surface area contributed by atoms with Gasteiger partial charge in [-0.3, -0.25) is 0 Å². The fourth-order valence-corrected chi connectivity index (χ4v) is 1.15. The molecular weight excluding hydrogens is 200 g/mol. The van der Waals surface area contributed by atoms with Crippen molar-refractivity contribution >= 4 is 23.1 Å². The Hall–Kier alpha value is -1.68. The largest absolute Gasteiger partial charge is 0.339 e. The summed E-state index contributed by atoms with van der Waals surface area (Å²) in [4.78, 5) is 3.95. The summed E-state index contributed by atoms with van der Waals surface area (Å²) >= 11 is 5.59. The molecule has 0 atom stereocenters. The van der Waals surface area contributed by atoms with Crippen LogP contribution < -0.4 is 5.32 Å². The fourth-order valence-electron chi connectivity index (χ4n) is 1.01. The summed E-state index contributed by atoms with van der Waals surface area (Å²) in [6.45, 7) is 0. The zero-order chi connectivity index (χ0) is 9.80. The summed E-state index contributed by atoms with van der Waals surface area (Å²) in [5, 5.41) is 10.4. The maximum Gasteiger partial charge on any atom is 0.244 e. The summed E-state index contributed by atoms with van der Waals surface area (Å²) in [5.41, 5.74) is 0.934. The van der Waals surface area contributed by atoms with Gasteiger partial charge < -0.3 is 5.32 Å². The molecule has 0 amide bonds. The molecule has 0 aliphatic carbocycles. The van der Waals surface area contributed by atoms with Gasteiger partial charge in [0.2, 0.25) is 5.28 Å². The average Bonchev–Trinajstić information content (AvgIpc) is 2.19. The number of hydrogen-bond acceptors (Lipinski definition) is 4. The number of benzene rings is 1. The van der Waals surface area contributed by atoms with Gasteiger partial charge in [-0.1, -0.05) is 18.2 Å². The Kier molecular flexibility index (Phi) is 2.55. The third-order valence-electron chi connectivity index (χ3n) is 1.58. The first kappa shape index (κ1) is 8.90. The van der Waals surface area contributed by atoms with E-state index in [4.69, 9.17) is 11.6 Å². The molecule has 2 aromatic rings. The third-order valence-corrected chi connectivity index (χ3v) is 1.74. The van der Waals surface area contributed by atoms with Gasteiger partial charge in [-0.15, -0.1) is 5.10 Å². The predicted molar refractivity (Wildman–Crippen MR) is 54.6 cm³/mol. The van der Waals surface area contributed by atoms with Crippen molar-refractivity contribution in [3.63, 3.8) is 0 Å². The second-order valence-electron chi connectivity index (χ2n) is 2.60. The lowest BCUT2D eigenvalue weighted by Crippen LogP contribution is -1.96. The molecule has 0 saturated carbocycles. The van der Waals surface area contributed by atoms with E-state index in [9.17, 15) is 0 Å². The number of nitrogens with zero attached hydrogens (tertiary/aromatic N) is 3. The topological polar surface area (TPSA) is 50.7 Å². The molecule has 4 nitrogen and oxygen atoms in total. The van der Waals surface area contributed by atoms with E-state index in [0.29, 0.717) is 5.82 Å². The van der Waals surface area contributed by atoms with E-state index < -0.39 is 0 Å². The van der Waals surface area contributed by atoms with Crippen molar-refractivity contribution in [1.82, 2.24) is 15.2 Å². The summed E-state index contributed by atoms with van der Waals surface area (Å²) in [5.74, 6) is 0.580. The van der Waals surface area contributed by atoms with E-state index in [1.807, 2.05) is 30.3 Å². The zero-order valence-electron chi connectivity index (χ0n) is 7.18. The van der Waals surface area contributed by atoms with Crippen molar-refractivity contribution in [2.24, 2.45) is 0 Å². The Morgan fingerprint density at radius 3 is 2.64 bits per heavy atom. The molecular formula is C9H7ClN4. The highest BCUT2D eigenvalue weighted by atomic mass is 35.5. The molecule has 70 valence electrons. The molecule has 2 rings (SSSR count). The summed E-state index contributed by atoms with van der Waals surface area (Å²) in [7, 11) is 0. The molecule has 0 radical (unpaired) electrons. The highest BCUT2D eigenvalue weighted by molar-refractivity contribution is 6.28. The van der Waals surface area contributed by atoms with Crippen molar-refractivity contribution in [2.75, 3.05) is 5.32 Å². The van der Waals surface area contributed by atoms with Crippen molar-refractivity contribution in [1.29, 1.82) is 0 Å². The van der Waals surface area contributed by atoms with Gasteiger partial charge in [0.15, 0.2) is 5.82 Å². The van der Waals surface area contributed by atoms with Crippen molar-refractivity contribution < 1.29 is 0 Å². The highest BCUT2D eigenvalue weighted by Crippen LogP contribution is 2.12. The first-order valence-electron chi connectivity index (χ1n) is 4.02. The second kappa shape index (κ2) is 4.02. The zero-order valence-corrected chi connectivity index (χ0v) is 7.94. The van der Waals surface area contributed by atoms with E-state index in [1.54, 1.807) is 0 Å². The maximum absolute atomic E-state index is 5.59. The van der Waals surface area contributed by atoms with Gasteiger partial charge in [-0.2, -0.15) is 10.1 Å². The minimum atomic E-state index is 0.130. The minimum absolute atomic E-state index is 0.130. The normalized spacial score (nSPS) is 9.79. The van der Waals surface area contributed by atoms with Gasteiger partial charge in [0.05, 0.1) is 6.20 Å². The number of para-hydroxylation sites is 1. The molecule has 0 fully saturated rings. The van der Waals surface area contributed by atoms with E-state index in [1.165, 1.54) is 6.20 Å². The summed E-state index contributed by atoms with van der Waals surface area (Å²) < 4.78 is 0. The molecule has 0 aliphatic heterocycles. The maximum atomic E-state index is 5.59. The quantitative estimate of drug-likeness (QED) is 0.819. The molecule has 1 aromatic carbocycles. The number of aromatic nitrogens is 3. The Balaban J connectivity index is 2.19. The number of anilines is 2.